The molecule has 0 heterocycles. The summed E-state index contributed by atoms with van der Waals surface area (Å²) in [5.74, 6) is 7.25. The molecular weight excluding hydrogens is 308 g/mol. The van der Waals surface area contributed by atoms with Crippen molar-refractivity contribution in [3.8, 4) is 11.5 Å². The zero-order valence-electron chi connectivity index (χ0n) is 12.2. The monoisotopic (exact) mass is 330 g/mol. The van der Waals surface area contributed by atoms with Crippen molar-refractivity contribution >= 4 is 15.9 Å². The number of nitrogens with one attached hydrogen (secondary N) is 1. The van der Waals surface area contributed by atoms with Crippen LogP contribution < -0.4 is 20.7 Å². The third-order valence-electron chi connectivity index (χ3n) is 3.69. The van der Waals surface area contributed by atoms with Crippen LogP contribution in [0.5, 0.6) is 11.5 Å². The van der Waals surface area contributed by atoms with Crippen LogP contribution in [0.4, 0.5) is 0 Å². The summed E-state index contributed by atoms with van der Waals surface area (Å²) < 4.78 is 11.6. The molecule has 0 aliphatic rings. The topological polar surface area (TPSA) is 56.5 Å². The van der Waals surface area contributed by atoms with Gasteiger partial charge < -0.3 is 9.47 Å². The molecule has 108 valence electrons. The number of methoxy groups -OCH3 is 2. The molecule has 4 nitrogen and oxygen atoms in total. The predicted octanol–water partition coefficient (Wildman–Crippen LogP) is 3.41. The van der Waals surface area contributed by atoms with Crippen molar-refractivity contribution < 1.29 is 9.47 Å². The Hall–Kier alpha value is -0.780. The Morgan fingerprint density at radius 3 is 2.37 bits per heavy atom. The van der Waals surface area contributed by atoms with E-state index < -0.39 is 0 Å². The molecule has 1 aromatic carbocycles. The molecule has 1 unspecified atom stereocenters. The molecule has 0 saturated carbocycles. The van der Waals surface area contributed by atoms with Gasteiger partial charge in [0.05, 0.1) is 20.3 Å². The predicted molar refractivity (Wildman–Crippen MR) is 81.4 cm³/mol. The number of ether oxygens (including phenoxy) is 2. The molecule has 19 heavy (non-hydrogen) atoms. The molecular formula is C14H23BrN2O2. The number of hydrogen-bond donors (Lipinski definition) is 2. The van der Waals surface area contributed by atoms with E-state index in [2.05, 4.69) is 42.1 Å². The van der Waals surface area contributed by atoms with Crippen LogP contribution in [-0.2, 0) is 0 Å². The van der Waals surface area contributed by atoms with Crippen molar-refractivity contribution in [2.75, 3.05) is 14.2 Å². The van der Waals surface area contributed by atoms with Crippen LogP contribution in [0, 0.1) is 5.41 Å². The third kappa shape index (κ3) is 3.22. The summed E-state index contributed by atoms with van der Waals surface area (Å²) in [5, 5.41) is 0. The highest BCUT2D eigenvalue weighted by Gasteiger charge is 2.31. The van der Waals surface area contributed by atoms with E-state index in [1.807, 2.05) is 12.1 Å². The Kier molecular flexibility index (Phi) is 5.64. The first kappa shape index (κ1) is 16.3. The summed E-state index contributed by atoms with van der Waals surface area (Å²) in [7, 11) is 3.28. The summed E-state index contributed by atoms with van der Waals surface area (Å²) in [5.41, 5.74) is 3.94. The first-order valence-electron chi connectivity index (χ1n) is 6.29. The van der Waals surface area contributed by atoms with Gasteiger partial charge in [-0.25, -0.2) is 0 Å². The first-order chi connectivity index (χ1) is 8.92. The van der Waals surface area contributed by atoms with Gasteiger partial charge in [-0.2, -0.15) is 0 Å². The van der Waals surface area contributed by atoms with Crippen molar-refractivity contribution in [3.05, 3.63) is 22.2 Å². The lowest BCUT2D eigenvalue weighted by Crippen LogP contribution is -2.38. The second kappa shape index (κ2) is 6.59. The lowest BCUT2D eigenvalue weighted by Gasteiger charge is -2.34. The standard InChI is InChI=1S/C14H23BrN2O2/c1-6-14(2,3)13(17-16)9-7-8-10(18-4)11(15)12(9)19-5/h7-8,13,17H,6,16H2,1-5H3. The Balaban J connectivity index is 3.36. The van der Waals surface area contributed by atoms with Crippen LogP contribution in [0.1, 0.15) is 38.8 Å². The molecule has 0 bridgehead atoms. The van der Waals surface area contributed by atoms with Gasteiger partial charge in [0.1, 0.15) is 16.0 Å². The maximum atomic E-state index is 5.76. The van der Waals surface area contributed by atoms with Crippen LogP contribution in [0.2, 0.25) is 0 Å². The third-order valence-corrected chi connectivity index (χ3v) is 4.44. The van der Waals surface area contributed by atoms with Crippen molar-refractivity contribution in [2.45, 2.75) is 33.2 Å². The average molecular weight is 331 g/mol. The van der Waals surface area contributed by atoms with Gasteiger partial charge in [0.25, 0.3) is 0 Å². The van der Waals surface area contributed by atoms with Gasteiger partial charge in [-0.1, -0.05) is 20.8 Å². The molecule has 0 aliphatic heterocycles. The Morgan fingerprint density at radius 2 is 1.95 bits per heavy atom. The minimum atomic E-state index is -0.00495. The van der Waals surface area contributed by atoms with Crippen LogP contribution in [0.25, 0.3) is 0 Å². The van der Waals surface area contributed by atoms with Crippen LogP contribution in [-0.4, -0.2) is 14.2 Å². The Labute approximate surface area is 123 Å². The summed E-state index contributed by atoms with van der Waals surface area (Å²) in [6.07, 6.45) is 0.995. The zero-order chi connectivity index (χ0) is 14.6. The summed E-state index contributed by atoms with van der Waals surface area (Å²) in [6, 6.07) is 3.90. The first-order valence-corrected chi connectivity index (χ1v) is 7.08. The van der Waals surface area contributed by atoms with Crippen molar-refractivity contribution in [3.63, 3.8) is 0 Å². The summed E-state index contributed by atoms with van der Waals surface area (Å²) in [6.45, 7) is 6.50. The number of benzene rings is 1. The summed E-state index contributed by atoms with van der Waals surface area (Å²) in [4.78, 5) is 0. The van der Waals surface area contributed by atoms with Gasteiger partial charge in [0.15, 0.2) is 0 Å². The maximum Gasteiger partial charge on any atom is 0.141 e. The number of nitrogens with two attached hydrogens (primary N) is 1. The van der Waals surface area contributed by atoms with Gasteiger partial charge in [0, 0.05) is 5.56 Å². The normalized spacial score (nSPS) is 13.2. The molecule has 3 N–H and O–H groups in total. The van der Waals surface area contributed by atoms with Crippen molar-refractivity contribution in [1.82, 2.24) is 5.43 Å². The highest BCUT2D eigenvalue weighted by atomic mass is 79.9. The molecule has 1 rings (SSSR count). The number of halogens is 1. The molecule has 0 amide bonds. The van der Waals surface area contributed by atoms with E-state index >= 15 is 0 Å². The highest BCUT2D eigenvalue weighted by molar-refractivity contribution is 9.10. The fourth-order valence-corrected chi connectivity index (χ4v) is 2.77. The van der Waals surface area contributed by atoms with E-state index in [9.17, 15) is 0 Å². The number of rotatable bonds is 6. The number of hydrogen-bond acceptors (Lipinski definition) is 4. The molecule has 5 heteroatoms. The number of hydrazine groups is 1. The summed E-state index contributed by atoms with van der Waals surface area (Å²) >= 11 is 3.52. The fourth-order valence-electron chi connectivity index (χ4n) is 2.09. The van der Waals surface area contributed by atoms with Gasteiger partial charge in [-0.3, -0.25) is 11.3 Å². The van der Waals surface area contributed by atoms with Crippen molar-refractivity contribution in [1.29, 1.82) is 0 Å². The molecule has 0 radical (unpaired) electrons. The van der Waals surface area contributed by atoms with Crippen LogP contribution >= 0.6 is 15.9 Å². The molecule has 0 aromatic heterocycles. The Morgan fingerprint density at radius 1 is 1.32 bits per heavy atom. The maximum absolute atomic E-state index is 5.76. The smallest absolute Gasteiger partial charge is 0.141 e. The van der Waals surface area contributed by atoms with Crippen molar-refractivity contribution in [2.24, 2.45) is 11.3 Å². The van der Waals surface area contributed by atoms with E-state index in [4.69, 9.17) is 15.3 Å². The average Bonchev–Trinajstić information content (AvgIpc) is 2.39. The zero-order valence-corrected chi connectivity index (χ0v) is 13.8. The Bertz CT molecular complexity index is 436. The molecule has 1 atom stereocenters. The van der Waals surface area contributed by atoms with E-state index in [0.29, 0.717) is 0 Å². The second-order valence-electron chi connectivity index (χ2n) is 5.15. The van der Waals surface area contributed by atoms with Gasteiger partial charge >= 0.3 is 0 Å². The molecule has 1 aromatic rings. The largest absolute Gasteiger partial charge is 0.495 e. The van der Waals surface area contributed by atoms with E-state index in [-0.39, 0.29) is 11.5 Å². The van der Waals surface area contributed by atoms with Gasteiger partial charge in [0.2, 0.25) is 0 Å². The SMILES string of the molecule is CCC(C)(C)C(NN)c1ccc(OC)c(Br)c1OC. The fraction of sp³-hybridized carbons (Fsp3) is 0.571. The second-order valence-corrected chi connectivity index (χ2v) is 5.94. The molecule has 0 spiro atoms. The minimum absolute atomic E-state index is 0.00495. The van der Waals surface area contributed by atoms with E-state index in [0.717, 1.165) is 28.0 Å². The highest BCUT2D eigenvalue weighted by Crippen LogP contribution is 2.45. The van der Waals surface area contributed by atoms with E-state index in [1.165, 1.54) is 0 Å². The lowest BCUT2D eigenvalue weighted by molar-refractivity contribution is 0.230. The lowest BCUT2D eigenvalue weighted by atomic mass is 9.78. The van der Waals surface area contributed by atoms with Gasteiger partial charge in [-0.15, -0.1) is 0 Å². The van der Waals surface area contributed by atoms with Crippen LogP contribution in [0.15, 0.2) is 16.6 Å². The molecule has 0 aliphatic carbocycles. The van der Waals surface area contributed by atoms with Gasteiger partial charge in [-0.05, 0) is 39.9 Å². The van der Waals surface area contributed by atoms with E-state index in [1.54, 1.807) is 14.2 Å². The molecule has 0 fully saturated rings. The molecule has 0 saturated heterocycles. The minimum Gasteiger partial charge on any atom is -0.495 e. The quantitative estimate of drug-likeness (QED) is 0.620. The van der Waals surface area contributed by atoms with Crippen LogP contribution in [0.3, 0.4) is 0 Å².